The van der Waals surface area contributed by atoms with Crippen LogP contribution in [0.15, 0.2) is 23.1 Å². The summed E-state index contributed by atoms with van der Waals surface area (Å²) in [6.07, 6.45) is 1.85. The molecule has 1 amide bonds. The summed E-state index contributed by atoms with van der Waals surface area (Å²) >= 11 is 11.8. The van der Waals surface area contributed by atoms with Crippen molar-refractivity contribution >= 4 is 44.9 Å². The minimum absolute atomic E-state index is 0.0251. The molecule has 0 radical (unpaired) electrons. The van der Waals surface area contributed by atoms with E-state index in [1.165, 1.54) is 22.5 Å². The Morgan fingerprint density at radius 2 is 1.83 bits per heavy atom. The van der Waals surface area contributed by atoms with Crippen LogP contribution >= 0.6 is 23.2 Å². The lowest BCUT2D eigenvalue weighted by Gasteiger charge is -2.59. The summed E-state index contributed by atoms with van der Waals surface area (Å²) in [7, 11) is -3.98. The fraction of sp³-hybridized carbons (Fsp3) is 0.467. The molecular formula is C15H14Cl2N2O4S. The first kappa shape index (κ1) is 16.3. The second-order valence-electron chi connectivity index (χ2n) is 6.43. The zero-order valence-electron chi connectivity index (χ0n) is 12.5. The Morgan fingerprint density at radius 1 is 1.17 bits per heavy atom. The molecule has 2 heterocycles. The van der Waals surface area contributed by atoms with E-state index in [0.29, 0.717) is 12.8 Å². The number of carbonyl (C=O) groups is 2. The Balaban J connectivity index is 1.82. The number of hydrogen-bond donors (Lipinski definition) is 1. The first-order valence-electron chi connectivity index (χ1n) is 7.59. The van der Waals surface area contributed by atoms with E-state index in [0.717, 1.165) is 6.42 Å². The second kappa shape index (κ2) is 5.17. The van der Waals surface area contributed by atoms with Gasteiger partial charge in [0.1, 0.15) is 6.04 Å². The highest BCUT2D eigenvalue weighted by Crippen LogP contribution is 2.58. The lowest BCUT2D eigenvalue weighted by Crippen LogP contribution is -2.80. The van der Waals surface area contributed by atoms with E-state index in [4.69, 9.17) is 23.2 Å². The first-order valence-corrected chi connectivity index (χ1v) is 9.79. The van der Waals surface area contributed by atoms with Crippen LogP contribution < -0.4 is 5.32 Å². The second-order valence-corrected chi connectivity index (χ2v) is 9.15. The third kappa shape index (κ3) is 1.95. The molecule has 1 N–H and O–H groups in total. The lowest BCUT2D eigenvalue weighted by atomic mass is 9.63. The van der Waals surface area contributed by atoms with Gasteiger partial charge in [-0.15, -0.1) is 0 Å². The summed E-state index contributed by atoms with van der Waals surface area (Å²) in [4.78, 5) is 24.7. The van der Waals surface area contributed by atoms with Crippen LogP contribution in [0, 0.1) is 5.41 Å². The van der Waals surface area contributed by atoms with E-state index in [2.05, 4.69) is 5.32 Å². The van der Waals surface area contributed by atoms with E-state index in [1.54, 1.807) is 0 Å². The molecule has 2 saturated heterocycles. The van der Waals surface area contributed by atoms with Gasteiger partial charge >= 0.3 is 0 Å². The van der Waals surface area contributed by atoms with Gasteiger partial charge in [-0.3, -0.25) is 9.59 Å². The molecule has 9 heteroatoms. The van der Waals surface area contributed by atoms with Crippen LogP contribution in [0.25, 0.3) is 0 Å². The summed E-state index contributed by atoms with van der Waals surface area (Å²) < 4.78 is 27.3. The largest absolute Gasteiger partial charge is 0.348 e. The Kier molecular flexibility index (Phi) is 3.52. The highest BCUT2D eigenvalue weighted by Gasteiger charge is 2.73. The molecule has 1 aromatic rings. The molecule has 3 aliphatic rings. The van der Waals surface area contributed by atoms with E-state index in [-0.39, 0.29) is 27.3 Å². The highest BCUT2D eigenvalue weighted by atomic mass is 35.5. The maximum atomic E-state index is 13.1. The molecule has 1 spiro atoms. The summed E-state index contributed by atoms with van der Waals surface area (Å²) in [5, 5.41) is 2.90. The monoisotopic (exact) mass is 388 g/mol. The van der Waals surface area contributed by atoms with Gasteiger partial charge in [-0.2, -0.15) is 4.31 Å². The van der Waals surface area contributed by atoms with Gasteiger partial charge in [0.2, 0.25) is 15.9 Å². The minimum Gasteiger partial charge on any atom is -0.348 e. The van der Waals surface area contributed by atoms with Crippen LogP contribution in [0.4, 0.5) is 0 Å². The summed E-state index contributed by atoms with van der Waals surface area (Å²) in [6.45, 7) is -0.0251. The molecule has 1 saturated carbocycles. The number of sulfonamides is 1. The topological polar surface area (TPSA) is 83.6 Å². The zero-order chi connectivity index (χ0) is 17.3. The van der Waals surface area contributed by atoms with Crippen molar-refractivity contribution in [3.05, 3.63) is 28.2 Å². The van der Waals surface area contributed by atoms with Gasteiger partial charge in [-0.25, -0.2) is 8.42 Å². The molecular weight excluding hydrogens is 375 g/mol. The van der Waals surface area contributed by atoms with Crippen LogP contribution in [-0.2, 0) is 19.6 Å². The molecule has 3 fully saturated rings. The van der Waals surface area contributed by atoms with Crippen molar-refractivity contribution in [2.45, 2.75) is 36.2 Å². The van der Waals surface area contributed by atoms with E-state index in [1.807, 2.05) is 0 Å². The van der Waals surface area contributed by atoms with Gasteiger partial charge in [0, 0.05) is 16.1 Å². The molecule has 6 nitrogen and oxygen atoms in total. The zero-order valence-corrected chi connectivity index (χ0v) is 14.8. The molecule has 1 aliphatic carbocycles. The maximum Gasteiger partial charge on any atom is 0.244 e. The van der Waals surface area contributed by atoms with Crippen molar-refractivity contribution in [1.82, 2.24) is 9.62 Å². The Labute approximate surface area is 149 Å². The van der Waals surface area contributed by atoms with Crippen LogP contribution in [0.3, 0.4) is 0 Å². The van der Waals surface area contributed by atoms with E-state index < -0.39 is 33.4 Å². The number of piperidine rings is 1. The molecule has 128 valence electrons. The number of Topliss-reactive ketones (excluding diaryl/α,β-unsaturated/α-hetero) is 1. The van der Waals surface area contributed by atoms with Gasteiger partial charge < -0.3 is 5.32 Å². The molecule has 24 heavy (non-hydrogen) atoms. The average molecular weight is 389 g/mol. The smallest absolute Gasteiger partial charge is 0.244 e. The van der Waals surface area contributed by atoms with Gasteiger partial charge in [-0.05, 0) is 31.0 Å². The summed E-state index contributed by atoms with van der Waals surface area (Å²) in [5.41, 5.74) is -0.863. The molecule has 3 unspecified atom stereocenters. The van der Waals surface area contributed by atoms with Crippen LogP contribution in [0.5, 0.6) is 0 Å². The number of ketones is 1. The Morgan fingerprint density at radius 3 is 2.50 bits per heavy atom. The SMILES string of the molecule is O=C1NCC(=O)C23CCCC2N(S(=O)(=O)c2cc(Cl)cc(Cl)c2)C13. The maximum absolute atomic E-state index is 13.1. The number of nitrogens with zero attached hydrogens (tertiary/aromatic N) is 1. The van der Waals surface area contributed by atoms with Crippen molar-refractivity contribution in [3.63, 3.8) is 0 Å². The van der Waals surface area contributed by atoms with Gasteiger partial charge in [0.05, 0.1) is 16.9 Å². The van der Waals surface area contributed by atoms with Crippen LogP contribution in [0.1, 0.15) is 19.3 Å². The van der Waals surface area contributed by atoms with Gasteiger partial charge in [-0.1, -0.05) is 29.6 Å². The summed E-state index contributed by atoms with van der Waals surface area (Å²) in [6, 6.07) is 2.60. The number of amides is 1. The third-order valence-corrected chi connectivity index (χ3v) is 7.60. The van der Waals surface area contributed by atoms with Gasteiger partial charge in [0.15, 0.2) is 5.78 Å². The number of rotatable bonds is 2. The highest BCUT2D eigenvalue weighted by molar-refractivity contribution is 7.89. The Bertz CT molecular complexity index is 852. The van der Waals surface area contributed by atoms with Crippen molar-refractivity contribution in [2.75, 3.05) is 6.54 Å². The lowest BCUT2D eigenvalue weighted by molar-refractivity contribution is -0.165. The standard InChI is InChI=1S/C15H14Cl2N2O4S/c16-8-4-9(17)6-10(5-8)24(22,23)19-11-2-1-3-15(11)12(20)7-18-14(21)13(15)19/h4-6,11,13H,1-3,7H2,(H,18,21). The average Bonchev–Trinajstić information content (AvgIpc) is 2.80. The molecule has 1 aromatic carbocycles. The molecule has 4 rings (SSSR count). The van der Waals surface area contributed by atoms with E-state index in [9.17, 15) is 18.0 Å². The third-order valence-electron chi connectivity index (χ3n) is 5.31. The predicted molar refractivity (Wildman–Crippen MR) is 87.4 cm³/mol. The van der Waals surface area contributed by atoms with Crippen molar-refractivity contribution in [3.8, 4) is 0 Å². The normalized spacial score (nSPS) is 32.8. The van der Waals surface area contributed by atoms with Crippen molar-refractivity contribution < 1.29 is 18.0 Å². The van der Waals surface area contributed by atoms with Crippen molar-refractivity contribution in [1.29, 1.82) is 0 Å². The van der Waals surface area contributed by atoms with Crippen LogP contribution in [0.2, 0.25) is 10.0 Å². The van der Waals surface area contributed by atoms with Gasteiger partial charge in [0.25, 0.3) is 0 Å². The van der Waals surface area contributed by atoms with E-state index >= 15 is 0 Å². The van der Waals surface area contributed by atoms with Crippen LogP contribution in [-0.4, -0.2) is 43.0 Å². The number of hydrogen-bond acceptors (Lipinski definition) is 4. The quantitative estimate of drug-likeness (QED) is 0.833. The number of benzene rings is 1. The molecule has 0 aromatic heterocycles. The predicted octanol–water partition coefficient (Wildman–Crippen LogP) is 1.60. The number of halogens is 2. The molecule has 0 bridgehead atoms. The fourth-order valence-corrected chi connectivity index (χ4v) is 7.01. The number of carbonyl (C=O) groups excluding carboxylic acids is 2. The van der Waals surface area contributed by atoms with Crippen molar-refractivity contribution in [2.24, 2.45) is 5.41 Å². The molecule has 2 aliphatic heterocycles. The first-order chi connectivity index (χ1) is 11.3. The summed E-state index contributed by atoms with van der Waals surface area (Å²) in [5.74, 6) is -0.491. The fourth-order valence-electron chi connectivity index (χ4n) is 4.37. The Hall–Kier alpha value is -1.15. The number of nitrogens with one attached hydrogen (secondary N) is 1. The molecule has 3 atom stereocenters. The minimum atomic E-state index is -3.98.